The Balaban J connectivity index is 1.85. The van der Waals surface area contributed by atoms with Crippen LogP contribution in [0.5, 0.6) is 0 Å². The average Bonchev–Trinajstić information content (AvgIpc) is 2.40. The fraction of sp³-hybridized carbons (Fsp3) is 0.923. The molecule has 2 saturated heterocycles. The molecule has 104 valence electrons. The number of amides is 1. The van der Waals surface area contributed by atoms with Crippen molar-refractivity contribution in [3.63, 3.8) is 0 Å². The maximum absolute atomic E-state index is 12.3. The van der Waals surface area contributed by atoms with E-state index in [9.17, 15) is 4.79 Å². The summed E-state index contributed by atoms with van der Waals surface area (Å²) in [6.07, 6.45) is 2.71. The van der Waals surface area contributed by atoms with Gasteiger partial charge in [-0.15, -0.1) is 0 Å². The standard InChI is InChI=1S/C13H24N2O3/c1-10-9-18-12(8-16)7-15(10)13(17)5-11-3-2-4-14-6-11/h10-12,14,16H,2-9H2,1H3. The van der Waals surface area contributed by atoms with Crippen LogP contribution in [0.2, 0.25) is 0 Å². The first kappa shape index (κ1) is 13.8. The van der Waals surface area contributed by atoms with Gasteiger partial charge in [0.1, 0.15) is 0 Å². The molecule has 0 aromatic rings. The summed E-state index contributed by atoms with van der Waals surface area (Å²) in [6, 6.07) is 0.122. The number of morpholine rings is 1. The lowest BCUT2D eigenvalue weighted by Gasteiger charge is -2.38. The summed E-state index contributed by atoms with van der Waals surface area (Å²) in [5.41, 5.74) is 0. The van der Waals surface area contributed by atoms with E-state index in [1.165, 1.54) is 0 Å². The third-order valence-electron chi connectivity index (χ3n) is 3.89. The van der Waals surface area contributed by atoms with Crippen molar-refractivity contribution in [2.45, 2.75) is 38.3 Å². The Hall–Kier alpha value is -0.650. The van der Waals surface area contributed by atoms with E-state index in [1.807, 2.05) is 11.8 Å². The van der Waals surface area contributed by atoms with E-state index < -0.39 is 0 Å². The van der Waals surface area contributed by atoms with E-state index in [0.717, 1.165) is 25.9 Å². The maximum Gasteiger partial charge on any atom is 0.223 e. The minimum Gasteiger partial charge on any atom is -0.394 e. The molecule has 0 saturated carbocycles. The fourth-order valence-corrected chi connectivity index (χ4v) is 2.74. The minimum absolute atomic E-state index is 0.0124. The van der Waals surface area contributed by atoms with Gasteiger partial charge in [0.05, 0.1) is 25.4 Å². The van der Waals surface area contributed by atoms with Crippen LogP contribution >= 0.6 is 0 Å². The normalized spacial score (nSPS) is 33.4. The summed E-state index contributed by atoms with van der Waals surface area (Å²) in [4.78, 5) is 14.2. The van der Waals surface area contributed by atoms with Gasteiger partial charge in [0.25, 0.3) is 0 Å². The Morgan fingerprint density at radius 2 is 2.39 bits per heavy atom. The molecule has 0 aliphatic carbocycles. The topological polar surface area (TPSA) is 61.8 Å². The van der Waals surface area contributed by atoms with E-state index in [4.69, 9.17) is 9.84 Å². The molecule has 0 radical (unpaired) electrons. The van der Waals surface area contributed by atoms with Crippen LogP contribution in [0.4, 0.5) is 0 Å². The second-order valence-corrected chi connectivity index (χ2v) is 5.45. The molecule has 2 aliphatic heterocycles. The van der Waals surface area contributed by atoms with Gasteiger partial charge in [0.2, 0.25) is 5.91 Å². The maximum atomic E-state index is 12.3. The zero-order valence-electron chi connectivity index (χ0n) is 11.1. The highest BCUT2D eigenvalue weighted by Gasteiger charge is 2.30. The number of nitrogens with zero attached hydrogens (tertiary/aromatic N) is 1. The number of aliphatic hydroxyl groups is 1. The molecule has 1 amide bonds. The van der Waals surface area contributed by atoms with Crippen LogP contribution in [0, 0.1) is 5.92 Å². The largest absolute Gasteiger partial charge is 0.394 e. The van der Waals surface area contributed by atoms with Gasteiger partial charge >= 0.3 is 0 Å². The van der Waals surface area contributed by atoms with Crippen LogP contribution in [0.25, 0.3) is 0 Å². The second kappa shape index (κ2) is 6.50. The highest BCUT2D eigenvalue weighted by molar-refractivity contribution is 5.77. The van der Waals surface area contributed by atoms with Crippen molar-refractivity contribution in [1.82, 2.24) is 10.2 Å². The number of aliphatic hydroxyl groups excluding tert-OH is 1. The van der Waals surface area contributed by atoms with Gasteiger partial charge in [-0.2, -0.15) is 0 Å². The second-order valence-electron chi connectivity index (χ2n) is 5.45. The molecule has 2 heterocycles. The third kappa shape index (κ3) is 3.43. The molecule has 0 bridgehead atoms. The number of carbonyl (C=O) groups excluding carboxylic acids is 1. The summed E-state index contributed by atoms with van der Waals surface area (Å²) >= 11 is 0. The lowest BCUT2D eigenvalue weighted by Crippen LogP contribution is -2.52. The highest BCUT2D eigenvalue weighted by atomic mass is 16.5. The number of rotatable bonds is 3. The van der Waals surface area contributed by atoms with Crippen molar-refractivity contribution in [3.05, 3.63) is 0 Å². The lowest BCUT2D eigenvalue weighted by molar-refractivity contribution is -0.147. The zero-order chi connectivity index (χ0) is 13.0. The number of hydrogen-bond donors (Lipinski definition) is 2. The number of hydrogen-bond acceptors (Lipinski definition) is 4. The molecule has 2 N–H and O–H groups in total. The molecule has 3 atom stereocenters. The Labute approximate surface area is 108 Å². The summed E-state index contributed by atoms with van der Waals surface area (Å²) in [7, 11) is 0. The van der Waals surface area contributed by atoms with E-state index in [-0.39, 0.29) is 24.7 Å². The molecule has 2 aliphatic rings. The molecule has 2 rings (SSSR count). The molecule has 0 aromatic heterocycles. The van der Waals surface area contributed by atoms with Crippen molar-refractivity contribution in [1.29, 1.82) is 0 Å². The third-order valence-corrected chi connectivity index (χ3v) is 3.89. The predicted octanol–water partition coefficient (Wildman–Crippen LogP) is -0.0157. The molecule has 0 aromatic carbocycles. The van der Waals surface area contributed by atoms with Gasteiger partial charge in [0, 0.05) is 13.0 Å². The Kier molecular flexibility index (Phi) is 4.97. The fourth-order valence-electron chi connectivity index (χ4n) is 2.74. The molecule has 5 nitrogen and oxygen atoms in total. The SMILES string of the molecule is CC1COC(CO)CN1C(=O)CC1CCCNC1. The number of carbonyl (C=O) groups is 1. The van der Waals surface area contributed by atoms with E-state index in [2.05, 4.69) is 5.32 Å². The van der Waals surface area contributed by atoms with E-state index in [0.29, 0.717) is 25.5 Å². The average molecular weight is 256 g/mol. The van der Waals surface area contributed by atoms with Crippen molar-refractivity contribution in [2.75, 3.05) is 32.8 Å². The van der Waals surface area contributed by atoms with Gasteiger partial charge in [-0.1, -0.05) is 0 Å². The van der Waals surface area contributed by atoms with Crippen LogP contribution in [-0.4, -0.2) is 60.9 Å². The molecule has 3 unspecified atom stereocenters. The lowest BCUT2D eigenvalue weighted by atomic mass is 9.95. The zero-order valence-corrected chi connectivity index (χ0v) is 11.1. The van der Waals surface area contributed by atoms with Crippen LogP contribution in [0.3, 0.4) is 0 Å². The van der Waals surface area contributed by atoms with Crippen LogP contribution < -0.4 is 5.32 Å². The van der Waals surface area contributed by atoms with Gasteiger partial charge in [-0.3, -0.25) is 4.79 Å². The van der Waals surface area contributed by atoms with E-state index in [1.54, 1.807) is 0 Å². The number of ether oxygens (including phenoxy) is 1. The van der Waals surface area contributed by atoms with Crippen molar-refractivity contribution >= 4 is 5.91 Å². The summed E-state index contributed by atoms with van der Waals surface area (Å²) in [6.45, 7) is 5.07. The predicted molar refractivity (Wildman–Crippen MR) is 68.2 cm³/mol. The minimum atomic E-state index is -0.213. The Morgan fingerprint density at radius 1 is 1.56 bits per heavy atom. The van der Waals surface area contributed by atoms with Crippen LogP contribution in [0.1, 0.15) is 26.2 Å². The molecular weight excluding hydrogens is 232 g/mol. The molecule has 5 heteroatoms. The summed E-state index contributed by atoms with van der Waals surface area (Å²) in [5.74, 6) is 0.673. The van der Waals surface area contributed by atoms with E-state index >= 15 is 0 Å². The molecule has 18 heavy (non-hydrogen) atoms. The summed E-state index contributed by atoms with van der Waals surface area (Å²) in [5, 5.41) is 12.5. The van der Waals surface area contributed by atoms with Gasteiger partial charge < -0.3 is 20.1 Å². The molecular formula is C13H24N2O3. The van der Waals surface area contributed by atoms with Crippen LogP contribution in [-0.2, 0) is 9.53 Å². The van der Waals surface area contributed by atoms with Gasteiger partial charge in [0.15, 0.2) is 0 Å². The quantitative estimate of drug-likeness (QED) is 0.745. The summed E-state index contributed by atoms with van der Waals surface area (Å²) < 4.78 is 5.45. The van der Waals surface area contributed by atoms with Gasteiger partial charge in [-0.25, -0.2) is 0 Å². The molecule has 0 spiro atoms. The number of piperidine rings is 1. The highest BCUT2D eigenvalue weighted by Crippen LogP contribution is 2.19. The first-order valence-corrected chi connectivity index (χ1v) is 6.93. The van der Waals surface area contributed by atoms with Crippen LogP contribution in [0.15, 0.2) is 0 Å². The van der Waals surface area contributed by atoms with Crippen molar-refractivity contribution < 1.29 is 14.6 Å². The first-order chi connectivity index (χ1) is 8.70. The van der Waals surface area contributed by atoms with Crippen molar-refractivity contribution in [2.24, 2.45) is 5.92 Å². The smallest absolute Gasteiger partial charge is 0.223 e. The van der Waals surface area contributed by atoms with Crippen molar-refractivity contribution in [3.8, 4) is 0 Å². The molecule has 2 fully saturated rings. The van der Waals surface area contributed by atoms with Gasteiger partial charge in [-0.05, 0) is 38.8 Å². The Morgan fingerprint density at radius 3 is 3.06 bits per heavy atom. The monoisotopic (exact) mass is 256 g/mol. The number of nitrogens with one attached hydrogen (secondary N) is 1. The first-order valence-electron chi connectivity index (χ1n) is 6.93. The Bertz CT molecular complexity index is 279.